The Kier molecular flexibility index (Phi) is 12.8. The van der Waals surface area contributed by atoms with Gasteiger partial charge in [0.1, 0.15) is 11.7 Å². The van der Waals surface area contributed by atoms with Crippen LogP contribution in [0.3, 0.4) is 0 Å². The SMILES string of the molecule is CCC1C=CC(=O)OC1C=CC(O)(CCN(C)C)C(CC(O)C=CC=CC1CCCC(O)C1)OP. The second-order valence-electron chi connectivity index (χ2n) is 10.0. The molecule has 0 bridgehead atoms. The number of aliphatic hydroxyl groups is 3. The van der Waals surface area contributed by atoms with Crippen LogP contribution in [0, 0.1) is 11.8 Å². The molecule has 1 fully saturated rings. The topological polar surface area (TPSA) is 99.5 Å². The fraction of sp³-hybridized carbons (Fsp3) is 0.667. The van der Waals surface area contributed by atoms with Crippen molar-refractivity contribution < 1.29 is 29.4 Å². The molecule has 1 aliphatic heterocycles. The normalized spacial score (nSPS) is 29.2. The number of cyclic esters (lactones) is 1. The zero-order valence-electron chi connectivity index (χ0n) is 21.3. The molecule has 8 atom stereocenters. The van der Waals surface area contributed by atoms with Crippen molar-refractivity contribution in [3.8, 4) is 0 Å². The van der Waals surface area contributed by atoms with Crippen LogP contribution in [-0.4, -0.2) is 76.8 Å². The summed E-state index contributed by atoms with van der Waals surface area (Å²) < 4.78 is 11.0. The Morgan fingerprint density at radius 3 is 2.74 bits per heavy atom. The Morgan fingerprint density at radius 2 is 2.09 bits per heavy atom. The van der Waals surface area contributed by atoms with Gasteiger partial charge in [-0.3, -0.25) is 0 Å². The molecular formula is C27H44NO6P. The van der Waals surface area contributed by atoms with Crippen molar-refractivity contribution in [3.63, 3.8) is 0 Å². The Labute approximate surface area is 212 Å². The molecule has 198 valence electrons. The third-order valence-electron chi connectivity index (χ3n) is 6.85. The highest BCUT2D eigenvalue weighted by Crippen LogP contribution is 2.29. The molecule has 0 saturated heterocycles. The molecule has 0 radical (unpaired) electrons. The number of rotatable bonds is 13. The van der Waals surface area contributed by atoms with E-state index < -0.39 is 29.9 Å². The molecule has 8 unspecified atom stereocenters. The highest BCUT2D eigenvalue weighted by molar-refractivity contribution is 7.09. The van der Waals surface area contributed by atoms with E-state index in [4.69, 9.17) is 9.26 Å². The lowest BCUT2D eigenvalue weighted by atomic mass is 9.86. The van der Waals surface area contributed by atoms with Crippen molar-refractivity contribution in [2.75, 3.05) is 20.6 Å². The van der Waals surface area contributed by atoms with E-state index in [9.17, 15) is 20.1 Å². The number of nitrogens with zero attached hydrogens (tertiary/aromatic N) is 1. The second kappa shape index (κ2) is 15.0. The predicted octanol–water partition coefficient (Wildman–Crippen LogP) is 3.32. The summed E-state index contributed by atoms with van der Waals surface area (Å²) in [6, 6.07) is 0. The first-order chi connectivity index (χ1) is 16.7. The zero-order chi connectivity index (χ0) is 25.8. The van der Waals surface area contributed by atoms with Gasteiger partial charge < -0.3 is 29.5 Å². The summed E-state index contributed by atoms with van der Waals surface area (Å²) in [5, 5.41) is 32.0. The van der Waals surface area contributed by atoms with Crippen LogP contribution in [0.5, 0.6) is 0 Å². The van der Waals surface area contributed by atoms with Crippen LogP contribution in [0.2, 0.25) is 0 Å². The van der Waals surface area contributed by atoms with Crippen molar-refractivity contribution in [1.29, 1.82) is 0 Å². The van der Waals surface area contributed by atoms with Gasteiger partial charge in [0.15, 0.2) is 0 Å². The van der Waals surface area contributed by atoms with Gasteiger partial charge in [0, 0.05) is 34.4 Å². The maximum atomic E-state index is 11.8. The number of carbonyl (C=O) groups excluding carboxylic acids is 1. The van der Waals surface area contributed by atoms with Crippen molar-refractivity contribution in [1.82, 2.24) is 4.90 Å². The van der Waals surface area contributed by atoms with Crippen LogP contribution in [0.15, 0.2) is 48.6 Å². The van der Waals surface area contributed by atoms with Gasteiger partial charge in [0.05, 0.1) is 18.3 Å². The monoisotopic (exact) mass is 509 g/mol. The van der Waals surface area contributed by atoms with E-state index in [0.717, 1.165) is 32.1 Å². The second-order valence-corrected chi connectivity index (χ2v) is 10.3. The molecule has 0 amide bonds. The van der Waals surface area contributed by atoms with Gasteiger partial charge in [0.25, 0.3) is 0 Å². The van der Waals surface area contributed by atoms with Gasteiger partial charge in [-0.05, 0) is 58.2 Å². The van der Waals surface area contributed by atoms with Crippen LogP contribution in [0.25, 0.3) is 0 Å². The summed E-state index contributed by atoms with van der Waals surface area (Å²) in [5.41, 5.74) is -1.37. The summed E-state index contributed by atoms with van der Waals surface area (Å²) in [5.74, 6) is 0.0139. The summed E-state index contributed by atoms with van der Waals surface area (Å²) in [4.78, 5) is 13.7. The van der Waals surface area contributed by atoms with E-state index in [1.165, 1.54) is 6.08 Å². The molecule has 7 nitrogen and oxygen atoms in total. The van der Waals surface area contributed by atoms with E-state index in [0.29, 0.717) is 18.9 Å². The fourth-order valence-electron chi connectivity index (χ4n) is 4.60. The van der Waals surface area contributed by atoms with Crippen LogP contribution in [-0.2, 0) is 14.1 Å². The predicted molar refractivity (Wildman–Crippen MR) is 142 cm³/mol. The lowest BCUT2D eigenvalue weighted by Gasteiger charge is -2.35. The van der Waals surface area contributed by atoms with Gasteiger partial charge in [0.2, 0.25) is 0 Å². The molecule has 1 saturated carbocycles. The van der Waals surface area contributed by atoms with Crippen LogP contribution >= 0.6 is 9.47 Å². The summed E-state index contributed by atoms with van der Waals surface area (Å²) in [7, 11) is 6.06. The number of hydrogen-bond donors (Lipinski definition) is 3. The number of esters is 1. The first kappa shape index (κ1) is 29.9. The third kappa shape index (κ3) is 10.3. The van der Waals surface area contributed by atoms with Gasteiger partial charge in [-0.2, -0.15) is 0 Å². The van der Waals surface area contributed by atoms with E-state index in [-0.39, 0.29) is 18.4 Å². The van der Waals surface area contributed by atoms with Crippen LogP contribution < -0.4 is 0 Å². The van der Waals surface area contributed by atoms with Crippen molar-refractivity contribution in [2.24, 2.45) is 11.8 Å². The third-order valence-corrected chi connectivity index (χ3v) is 7.18. The Morgan fingerprint density at radius 1 is 1.31 bits per heavy atom. The quantitative estimate of drug-likeness (QED) is 0.152. The Bertz CT molecular complexity index is 767. The highest BCUT2D eigenvalue weighted by Gasteiger charge is 2.36. The maximum absolute atomic E-state index is 11.8. The summed E-state index contributed by atoms with van der Waals surface area (Å²) in [6.45, 7) is 2.63. The number of carbonyl (C=O) groups is 1. The standard InChI is InChI=1S/C27H44NO6P/c1-4-21-12-13-26(31)33-24(21)14-15-27(32,16-17-28(2)3)25(34-35)19-23(30)10-6-5-8-20-9-7-11-22(29)18-20/h5-6,8,10,12-15,20-25,29-30,32H,4,7,9,11,16-19,35H2,1-3H3. The van der Waals surface area contributed by atoms with Crippen molar-refractivity contribution >= 4 is 15.4 Å². The Balaban J connectivity index is 2.07. The van der Waals surface area contributed by atoms with Crippen molar-refractivity contribution in [3.05, 3.63) is 48.6 Å². The number of aliphatic hydroxyl groups excluding tert-OH is 2. The lowest BCUT2D eigenvalue weighted by Crippen LogP contribution is -2.45. The maximum Gasteiger partial charge on any atom is 0.331 e. The van der Waals surface area contributed by atoms with E-state index in [1.807, 2.05) is 38.1 Å². The largest absolute Gasteiger partial charge is 0.454 e. The minimum Gasteiger partial charge on any atom is -0.454 e. The zero-order valence-corrected chi connectivity index (χ0v) is 22.5. The molecule has 8 heteroatoms. The molecule has 0 spiro atoms. The van der Waals surface area contributed by atoms with Crippen LogP contribution in [0.4, 0.5) is 0 Å². The van der Waals surface area contributed by atoms with Gasteiger partial charge >= 0.3 is 5.97 Å². The van der Waals surface area contributed by atoms with Gasteiger partial charge in [-0.15, -0.1) is 0 Å². The number of hydrogen-bond acceptors (Lipinski definition) is 7. The van der Waals surface area contributed by atoms with Gasteiger partial charge in [-0.25, -0.2) is 4.79 Å². The smallest absolute Gasteiger partial charge is 0.331 e. The molecule has 0 aromatic rings. The molecule has 1 heterocycles. The first-order valence-corrected chi connectivity index (χ1v) is 13.2. The van der Waals surface area contributed by atoms with Crippen molar-refractivity contribution in [2.45, 2.75) is 81.9 Å². The molecular weight excluding hydrogens is 465 g/mol. The number of allylic oxidation sites excluding steroid dienone is 3. The van der Waals surface area contributed by atoms with E-state index >= 15 is 0 Å². The average molecular weight is 510 g/mol. The molecule has 0 aromatic carbocycles. The number of ether oxygens (including phenoxy) is 1. The molecule has 35 heavy (non-hydrogen) atoms. The molecule has 1 aliphatic carbocycles. The Hall–Kier alpha value is -1.34. The molecule has 0 aromatic heterocycles. The average Bonchev–Trinajstić information content (AvgIpc) is 2.82. The van der Waals surface area contributed by atoms with Gasteiger partial charge in [-0.1, -0.05) is 49.8 Å². The minimum atomic E-state index is -1.37. The minimum absolute atomic E-state index is 0.0445. The summed E-state index contributed by atoms with van der Waals surface area (Å²) in [6.07, 6.45) is 17.1. The lowest BCUT2D eigenvalue weighted by molar-refractivity contribution is -0.143. The molecule has 2 aliphatic rings. The molecule has 3 N–H and O–H groups in total. The fourth-order valence-corrected chi connectivity index (χ4v) is 4.95. The highest BCUT2D eigenvalue weighted by atomic mass is 31.0. The van der Waals surface area contributed by atoms with E-state index in [2.05, 4.69) is 15.5 Å². The first-order valence-electron chi connectivity index (χ1n) is 12.7. The summed E-state index contributed by atoms with van der Waals surface area (Å²) >= 11 is 0. The molecule has 2 rings (SSSR count). The van der Waals surface area contributed by atoms with E-state index in [1.54, 1.807) is 24.3 Å². The van der Waals surface area contributed by atoms with Crippen LogP contribution in [0.1, 0.15) is 51.9 Å².